The van der Waals surface area contributed by atoms with Crippen LogP contribution >= 0.6 is 11.8 Å². The van der Waals surface area contributed by atoms with Gasteiger partial charge in [0.05, 0.1) is 34.0 Å². The highest BCUT2D eigenvalue weighted by Crippen LogP contribution is 2.65. The maximum Gasteiger partial charge on any atom is 0.205 e. The van der Waals surface area contributed by atoms with Crippen LogP contribution in [-0.2, 0) is 15.9 Å². The van der Waals surface area contributed by atoms with Gasteiger partial charge in [0, 0.05) is 21.4 Å². The van der Waals surface area contributed by atoms with E-state index in [1.165, 1.54) is 4.57 Å². The molecule has 6 nitrogen and oxygen atoms in total. The zero-order chi connectivity index (χ0) is 24.4. The number of nitrogens with zero attached hydrogens (tertiary/aromatic N) is 2. The first-order chi connectivity index (χ1) is 16.9. The highest BCUT2D eigenvalue weighted by Gasteiger charge is 2.61. The van der Waals surface area contributed by atoms with E-state index in [9.17, 15) is 20.6 Å². The Bertz CT molecular complexity index is 1540. The van der Waals surface area contributed by atoms with Crippen LogP contribution in [0.3, 0.4) is 0 Å². The molecule has 176 valence electrons. The van der Waals surface area contributed by atoms with Crippen LogP contribution in [-0.4, -0.2) is 25.6 Å². The average molecular weight is 485 g/mol. The van der Waals surface area contributed by atoms with Gasteiger partial charge in [-0.25, -0.2) is 0 Å². The number of hydrogen-bond donors (Lipinski definition) is 3. The molecule has 2 bridgehead atoms. The lowest BCUT2D eigenvalue weighted by molar-refractivity contribution is -0.0803. The van der Waals surface area contributed by atoms with Crippen molar-refractivity contribution in [2.45, 2.75) is 42.3 Å². The van der Waals surface area contributed by atoms with Crippen LogP contribution in [0, 0.1) is 11.3 Å². The number of nitriles is 1. The van der Waals surface area contributed by atoms with Gasteiger partial charge in [-0.15, -0.1) is 11.8 Å². The van der Waals surface area contributed by atoms with Gasteiger partial charge in [-0.2, -0.15) is 5.26 Å². The molecule has 3 N–H and O–H groups in total. The van der Waals surface area contributed by atoms with E-state index in [2.05, 4.69) is 6.07 Å². The topological polar surface area (TPSA) is 98.6 Å². The summed E-state index contributed by atoms with van der Waals surface area (Å²) in [6.45, 7) is 1.98. The lowest BCUT2D eigenvalue weighted by Crippen LogP contribution is -2.23. The predicted octanol–water partition coefficient (Wildman–Crippen LogP) is 6.04. The predicted molar refractivity (Wildman–Crippen MR) is 134 cm³/mol. The van der Waals surface area contributed by atoms with Gasteiger partial charge in [-0.1, -0.05) is 30.3 Å². The second kappa shape index (κ2) is 7.70. The van der Waals surface area contributed by atoms with Crippen molar-refractivity contribution in [2.75, 3.05) is 5.75 Å². The van der Waals surface area contributed by atoms with Gasteiger partial charge < -0.3 is 20.1 Å². The van der Waals surface area contributed by atoms with E-state index in [0.29, 0.717) is 28.8 Å². The molecule has 0 amide bonds. The number of hydrogen-bond acceptors (Lipinski definition) is 6. The third-order valence-corrected chi connectivity index (χ3v) is 8.38. The summed E-state index contributed by atoms with van der Waals surface area (Å²) in [6.07, 6.45) is 2.16. The Hall–Kier alpha value is -3.60. The van der Waals surface area contributed by atoms with Gasteiger partial charge in [0.1, 0.15) is 11.4 Å². The van der Waals surface area contributed by atoms with Crippen molar-refractivity contribution < 1.29 is 20.1 Å². The van der Waals surface area contributed by atoms with E-state index in [1.54, 1.807) is 36.0 Å². The van der Waals surface area contributed by atoms with Crippen LogP contribution in [0.25, 0.3) is 16.5 Å². The van der Waals surface area contributed by atoms with Crippen molar-refractivity contribution in [1.29, 1.82) is 5.26 Å². The Morgan fingerprint density at radius 3 is 2.51 bits per heavy atom. The summed E-state index contributed by atoms with van der Waals surface area (Å²) in [5.74, 6) is 0.926. The molecule has 3 aromatic carbocycles. The van der Waals surface area contributed by atoms with Crippen LogP contribution in [0.2, 0.25) is 0 Å². The number of fused-ring (bicyclic) bond motifs is 6. The molecule has 4 aromatic rings. The van der Waals surface area contributed by atoms with Crippen molar-refractivity contribution in [1.82, 2.24) is 4.57 Å². The third-order valence-electron chi connectivity index (χ3n) is 7.39. The molecule has 35 heavy (non-hydrogen) atoms. The van der Waals surface area contributed by atoms with Gasteiger partial charge >= 0.3 is 0 Å². The molecular formula is C28H24N2O4S. The zero-order valence-corrected chi connectivity index (χ0v) is 20.0. The minimum Gasteiger partial charge on any atom is -0.508 e. The Labute approximate surface area is 207 Å². The largest absolute Gasteiger partial charge is 0.508 e. The fourth-order valence-electron chi connectivity index (χ4n) is 5.82. The summed E-state index contributed by atoms with van der Waals surface area (Å²) in [6, 6.07) is 20.4. The Morgan fingerprint density at radius 2 is 1.74 bits per heavy atom. The summed E-state index contributed by atoms with van der Waals surface area (Å²) in [4.78, 5) is 0.967. The van der Waals surface area contributed by atoms with E-state index in [1.807, 2.05) is 43.3 Å². The molecule has 7 heteroatoms. The SMILES string of the molecule is C[C@@]12CC[C@@](CCSc3cccc(O)c3)(O1)c1c2c(O)n(-c2ccc(C#N)c3ccccc23)c1O. The quantitative estimate of drug-likeness (QED) is 0.299. The number of benzene rings is 3. The van der Waals surface area contributed by atoms with Gasteiger partial charge in [-0.3, -0.25) is 4.57 Å². The van der Waals surface area contributed by atoms with Gasteiger partial charge in [0.25, 0.3) is 0 Å². The maximum atomic E-state index is 11.5. The fourth-order valence-corrected chi connectivity index (χ4v) is 6.86. The zero-order valence-electron chi connectivity index (χ0n) is 19.2. The first-order valence-electron chi connectivity index (χ1n) is 11.6. The second-order valence-corrected chi connectivity index (χ2v) is 10.6. The minimum atomic E-state index is -0.691. The first-order valence-corrected chi connectivity index (χ1v) is 12.6. The summed E-state index contributed by atoms with van der Waals surface area (Å²) in [5.41, 5.74) is 1.10. The molecule has 1 aromatic heterocycles. The molecule has 0 aliphatic carbocycles. The molecule has 2 aliphatic heterocycles. The van der Waals surface area contributed by atoms with Crippen LogP contribution in [0.5, 0.6) is 17.5 Å². The van der Waals surface area contributed by atoms with Crippen LogP contribution in [0.4, 0.5) is 0 Å². The lowest BCUT2D eigenvalue weighted by Gasteiger charge is -2.26. The lowest BCUT2D eigenvalue weighted by atomic mass is 9.78. The number of rotatable bonds is 5. The number of thioether (sulfide) groups is 1. The standard InChI is InChI=1S/C28H24N2O4S/c1-27-11-12-28(34-27,13-14-35-19-6-4-5-18(31)15-19)24-23(27)25(32)30(26(24)33)22-10-9-17(16-29)20-7-2-3-8-21(20)22/h2-10,15,31-33H,11-14H2,1H3/t27-,28-/m0/s1. The van der Waals surface area contributed by atoms with Crippen LogP contribution in [0.1, 0.15) is 42.9 Å². The summed E-state index contributed by atoms with van der Waals surface area (Å²) >= 11 is 1.63. The molecule has 0 spiro atoms. The molecule has 1 fully saturated rings. The molecule has 3 heterocycles. The molecule has 0 saturated carbocycles. The van der Waals surface area contributed by atoms with Crippen LogP contribution in [0.15, 0.2) is 65.6 Å². The molecular weight excluding hydrogens is 460 g/mol. The Morgan fingerprint density at radius 1 is 0.971 bits per heavy atom. The smallest absolute Gasteiger partial charge is 0.205 e. The number of phenols is 1. The molecule has 0 radical (unpaired) electrons. The monoisotopic (exact) mass is 484 g/mol. The normalized spacial score (nSPS) is 22.4. The first kappa shape index (κ1) is 21.9. The molecule has 0 unspecified atom stereocenters. The van der Waals surface area contributed by atoms with Crippen molar-refractivity contribution in [3.63, 3.8) is 0 Å². The summed E-state index contributed by atoms with van der Waals surface area (Å²) in [5, 5.41) is 43.8. The molecule has 1 saturated heterocycles. The Balaban J connectivity index is 1.44. The number of ether oxygens (including phenoxy) is 1. The third kappa shape index (κ3) is 3.14. The van der Waals surface area contributed by atoms with Gasteiger partial charge in [-0.05, 0) is 56.5 Å². The summed E-state index contributed by atoms with van der Waals surface area (Å²) in [7, 11) is 0. The summed E-state index contributed by atoms with van der Waals surface area (Å²) < 4.78 is 8.05. The average Bonchev–Trinajstić information content (AvgIpc) is 3.43. The highest BCUT2D eigenvalue weighted by atomic mass is 32.2. The Kier molecular flexibility index (Phi) is 4.82. The van der Waals surface area contributed by atoms with Gasteiger partial charge in [0.15, 0.2) is 0 Å². The van der Waals surface area contributed by atoms with E-state index < -0.39 is 11.2 Å². The van der Waals surface area contributed by atoms with Crippen molar-refractivity contribution in [2.24, 2.45) is 0 Å². The van der Waals surface area contributed by atoms with Crippen molar-refractivity contribution in [3.05, 3.63) is 77.4 Å². The van der Waals surface area contributed by atoms with E-state index >= 15 is 0 Å². The van der Waals surface area contributed by atoms with E-state index in [0.717, 1.165) is 34.3 Å². The highest BCUT2D eigenvalue weighted by molar-refractivity contribution is 7.99. The number of phenolic OH excluding ortho intramolecular Hbond substituents is 1. The fraction of sp³-hybridized carbons (Fsp3) is 0.250. The van der Waals surface area contributed by atoms with E-state index in [4.69, 9.17) is 4.74 Å². The van der Waals surface area contributed by atoms with Crippen molar-refractivity contribution >= 4 is 22.5 Å². The second-order valence-electron chi connectivity index (χ2n) is 9.45. The van der Waals surface area contributed by atoms with Crippen LogP contribution < -0.4 is 0 Å². The number of aromatic nitrogens is 1. The molecule has 6 rings (SSSR count). The van der Waals surface area contributed by atoms with Crippen molar-refractivity contribution in [3.8, 4) is 29.3 Å². The minimum absolute atomic E-state index is 0.0156. The molecule has 2 aliphatic rings. The van der Waals surface area contributed by atoms with Gasteiger partial charge in [0.2, 0.25) is 11.8 Å². The number of aromatic hydroxyl groups is 3. The maximum absolute atomic E-state index is 11.5. The molecule has 2 atom stereocenters. The van der Waals surface area contributed by atoms with E-state index in [-0.39, 0.29) is 17.5 Å².